The Hall–Kier alpha value is -3.15. The summed E-state index contributed by atoms with van der Waals surface area (Å²) in [5.74, 6) is -1.03. The van der Waals surface area contributed by atoms with Gasteiger partial charge in [0.2, 0.25) is 0 Å². The molecule has 0 aliphatic rings. The Labute approximate surface area is 126 Å². The quantitative estimate of drug-likeness (QED) is 0.811. The first-order valence-electron chi connectivity index (χ1n) is 6.45. The van der Waals surface area contributed by atoms with Crippen molar-refractivity contribution in [3.05, 3.63) is 71.7 Å². The van der Waals surface area contributed by atoms with Crippen LogP contribution in [0.5, 0.6) is 0 Å². The van der Waals surface area contributed by atoms with Crippen molar-refractivity contribution in [2.45, 2.75) is 0 Å². The first kappa shape index (κ1) is 15.2. The zero-order valence-electron chi connectivity index (χ0n) is 11.5. The standard InChI is InChI=1S/C16H14FN3O2/c17-13-7-3-1-5-11(13)9-10-19-16(22)20-14-8-4-2-6-12(14)15(18)21/h1-10H,(H2,18,21)(H2,19,20,22)/b10-9+. The number of urea groups is 1. The summed E-state index contributed by atoms with van der Waals surface area (Å²) in [6, 6.07) is 12.0. The van der Waals surface area contributed by atoms with Gasteiger partial charge in [0.25, 0.3) is 5.91 Å². The minimum Gasteiger partial charge on any atom is -0.366 e. The molecule has 4 N–H and O–H groups in total. The molecule has 22 heavy (non-hydrogen) atoms. The largest absolute Gasteiger partial charge is 0.366 e. The minimum absolute atomic E-state index is 0.204. The molecule has 2 aromatic carbocycles. The van der Waals surface area contributed by atoms with Crippen LogP contribution in [0.25, 0.3) is 6.08 Å². The highest BCUT2D eigenvalue weighted by molar-refractivity contribution is 6.02. The van der Waals surface area contributed by atoms with E-state index in [1.165, 1.54) is 24.4 Å². The van der Waals surface area contributed by atoms with Crippen LogP contribution in [0.3, 0.4) is 0 Å². The number of primary amides is 1. The molecule has 0 spiro atoms. The Morgan fingerprint density at radius 1 is 1.05 bits per heavy atom. The van der Waals surface area contributed by atoms with Crippen LogP contribution in [0, 0.1) is 5.82 Å². The third-order valence-electron chi connectivity index (χ3n) is 2.82. The average Bonchev–Trinajstić information content (AvgIpc) is 2.49. The van der Waals surface area contributed by atoms with Gasteiger partial charge in [-0.1, -0.05) is 30.3 Å². The summed E-state index contributed by atoms with van der Waals surface area (Å²) in [6.45, 7) is 0. The van der Waals surface area contributed by atoms with Gasteiger partial charge in [-0.05, 0) is 24.3 Å². The summed E-state index contributed by atoms with van der Waals surface area (Å²) in [4.78, 5) is 23.0. The molecule has 0 aliphatic carbocycles. The molecule has 6 heteroatoms. The number of para-hydroxylation sites is 1. The summed E-state index contributed by atoms with van der Waals surface area (Å²) in [7, 11) is 0. The van der Waals surface area contributed by atoms with E-state index in [4.69, 9.17) is 5.73 Å². The second-order valence-electron chi connectivity index (χ2n) is 4.36. The van der Waals surface area contributed by atoms with Gasteiger partial charge in [-0.3, -0.25) is 4.79 Å². The Morgan fingerprint density at radius 2 is 1.73 bits per heavy atom. The van der Waals surface area contributed by atoms with Crippen LogP contribution < -0.4 is 16.4 Å². The SMILES string of the molecule is NC(=O)c1ccccc1NC(=O)N/C=C/c1ccccc1F. The maximum absolute atomic E-state index is 13.4. The van der Waals surface area contributed by atoms with E-state index in [0.717, 1.165) is 0 Å². The predicted octanol–water partition coefficient (Wildman–Crippen LogP) is 2.72. The van der Waals surface area contributed by atoms with Crippen molar-refractivity contribution in [1.29, 1.82) is 0 Å². The van der Waals surface area contributed by atoms with Crippen LogP contribution in [0.2, 0.25) is 0 Å². The van der Waals surface area contributed by atoms with Crippen LogP contribution in [0.1, 0.15) is 15.9 Å². The van der Waals surface area contributed by atoms with Crippen LogP contribution in [-0.2, 0) is 0 Å². The van der Waals surface area contributed by atoms with E-state index in [-0.39, 0.29) is 11.4 Å². The molecule has 0 saturated heterocycles. The number of carbonyl (C=O) groups excluding carboxylic acids is 2. The van der Waals surface area contributed by atoms with Gasteiger partial charge >= 0.3 is 6.03 Å². The smallest absolute Gasteiger partial charge is 0.323 e. The summed E-state index contributed by atoms with van der Waals surface area (Å²) in [5, 5.41) is 4.92. The summed E-state index contributed by atoms with van der Waals surface area (Å²) >= 11 is 0. The molecule has 0 unspecified atom stereocenters. The third-order valence-corrected chi connectivity index (χ3v) is 2.82. The van der Waals surface area contributed by atoms with Crippen molar-refractivity contribution in [1.82, 2.24) is 5.32 Å². The zero-order chi connectivity index (χ0) is 15.9. The van der Waals surface area contributed by atoms with Crippen molar-refractivity contribution < 1.29 is 14.0 Å². The zero-order valence-corrected chi connectivity index (χ0v) is 11.5. The van der Waals surface area contributed by atoms with Gasteiger partial charge in [0.15, 0.2) is 0 Å². The second-order valence-corrected chi connectivity index (χ2v) is 4.36. The van der Waals surface area contributed by atoms with Crippen LogP contribution >= 0.6 is 0 Å². The highest BCUT2D eigenvalue weighted by Crippen LogP contribution is 2.14. The van der Waals surface area contributed by atoms with E-state index in [0.29, 0.717) is 11.3 Å². The number of nitrogens with two attached hydrogens (primary N) is 1. The Balaban J connectivity index is 2.00. The van der Waals surface area contributed by atoms with Gasteiger partial charge in [-0.25, -0.2) is 9.18 Å². The molecule has 0 radical (unpaired) electrons. The number of hydrogen-bond donors (Lipinski definition) is 3. The molecule has 2 rings (SSSR count). The molecule has 0 aromatic heterocycles. The highest BCUT2D eigenvalue weighted by atomic mass is 19.1. The molecule has 0 saturated carbocycles. The Morgan fingerprint density at radius 3 is 2.45 bits per heavy atom. The normalized spacial score (nSPS) is 10.4. The Bertz CT molecular complexity index is 729. The van der Waals surface area contributed by atoms with Gasteiger partial charge in [0.1, 0.15) is 5.82 Å². The number of hydrogen-bond acceptors (Lipinski definition) is 2. The van der Waals surface area contributed by atoms with Crippen molar-refractivity contribution >= 4 is 23.7 Å². The Kier molecular flexibility index (Phi) is 4.87. The maximum Gasteiger partial charge on any atom is 0.323 e. The summed E-state index contributed by atoms with van der Waals surface area (Å²) in [6.07, 6.45) is 2.73. The lowest BCUT2D eigenvalue weighted by molar-refractivity contribution is 0.100. The van der Waals surface area contributed by atoms with Crippen molar-refractivity contribution in [3.8, 4) is 0 Å². The van der Waals surface area contributed by atoms with Gasteiger partial charge < -0.3 is 16.4 Å². The second kappa shape index (κ2) is 7.03. The van der Waals surface area contributed by atoms with Crippen LogP contribution in [-0.4, -0.2) is 11.9 Å². The lowest BCUT2D eigenvalue weighted by Gasteiger charge is -2.08. The van der Waals surface area contributed by atoms with Crippen LogP contribution in [0.15, 0.2) is 54.7 Å². The summed E-state index contributed by atoms with van der Waals surface area (Å²) < 4.78 is 13.4. The van der Waals surface area contributed by atoms with E-state index < -0.39 is 11.9 Å². The molecule has 0 fully saturated rings. The van der Waals surface area contributed by atoms with Crippen molar-refractivity contribution in [3.63, 3.8) is 0 Å². The monoisotopic (exact) mass is 299 g/mol. The number of carbonyl (C=O) groups is 2. The number of halogens is 1. The lowest BCUT2D eigenvalue weighted by Crippen LogP contribution is -2.25. The topological polar surface area (TPSA) is 84.2 Å². The molecule has 0 atom stereocenters. The van der Waals surface area contributed by atoms with Gasteiger partial charge in [-0.15, -0.1) is 0 Å². The fraction of sp³-hybridized carbons (Fsp3) is 0. The van der Waals surface area contributed by atoms with E-state index in [1.54, 1.807) is 36.4 Å². The molecule has 0 aliphatic heterocycles. The molecule has 3 amide bonds. The molecular formula is C16H14FN3O2. The number of nitrogens with one attached hydrogen (secondary N) is 2. The number of benzene rings is 2. The van der Waals surface area contributed by atoms with E-state index in [2.05, 4.69) is 10.6 Å². The molecular weight excluding hydrogens is 285 g/mol. The number of amides is 3. The van der Waals surface area contributed by atoms with E-state index in [1.807, 2.05) is 0 Å². The van der Waals surface area contributed by atoms with E-state index in [9.17, 15) is 14.0 Å². The third kappa shape index (κ3) is 3.92. The molecule has 0 heterocycles. The first-order chi connectivity index (χ1) is 10.6. The minimum atomic E-state index is -0.641. The lowest BCUT2D eigenvalue weighted by atomic mass is 10.1. The molecule has 2 aromatic rings. The first-order valence-corrected chi connectivity index (χ1v) is 6.45. The fourth-order valence-electron chi connectivity index (χ4n) is 1.78. The van der Waals surface area contributed by atoms with Gasteiger partial charge in [0.05, 0.1) is 11.3 Å². The van der Waals surface area contributed by atoms with Gasteiger partial charge in [-0.2, -0.15) is 0 Å². The highest BCUT2D eigenvalue weighted by Gasteiger charge is 2.09. The van der Waals surface area contributed by atoms with Crippen LogP contribution in [0.4, 0.5) is 14.9 Å². The van der Waals surface area contributed by atoms with Crippen molar-refractivity contribution in [2.24, 2.45) is 5.73 Å². The molecule has 0 bridgehead atoms. The van der Waals surface area contributed by atoms with Crippen molar-refractivity contribution in [2.75, 3.05) is 5.32 Å². The molecule has 112 valence electrons. The average molecular weight is 299 g/mol. The molecule has 5 nitrogen and oxygen atoms in total. The fourth-order valence-corrected chi connectivity index (χ4v) is 1.78. The van der Waals surface area contributed by atoms with E-state index >= 15 is 0 Å². The summed E-state index contributed by atoms with van der Waals surface area (Å²) in [5.41, 5.74) is 6.07. The van der Waals surface area contributed by atoms with Gasteiger partial charge in [0, 0.05) is 11.8 Å². The number of anilines is 1. The maximum atomic E-state index is 13.4. The predicted molar refractivity (Wildman–Crippen MR) is 82.5 cm³/mol. The number of rotatable bonds is 4.